The maximum atomic E-state index is 12.7. The van der Waals surface area contributed by atoms with Crippen molar-refractivity contribution in [2.45, 2.75) is 6.04 Å². The number of hydrogen-bond acceptors (Lipinski definition) is 1. The second kappa shape index (κ2) is 3.46. The Balaban J connectivity index is 2.28. The maximum Gasteiger partial charge on any atom is 0.315 e. The van der Waals surface area contributed by atoms with Gasteiger partial charge in [-0.05, 0) is 17.7 Å². The molecule has 1 heterocycles. The predicted octanol–water partition coefficient (Wildman–Crippen LogP) is 1.83. The average molecular weight is 215 g/mol. The van der Waals surface area contributed by atoms with Crippen molar-refractivity contribution in [3.05, 3.63) is 34.6 Å². The number of carbonyl (C=O) groups excluding carboxylic acids is 1. The number of nitrogens with one attached hydrogen (secondary N) is 2. The van der Waals surface area contributed by atoms with Crippen LogP contribution in [0.3, 0.4) is 0 Å². The van der Waals surface area contributed by atoms with Crippen molar-refractivity contribution in [3.8, 4) is 0 Å². The van der Waals surface area contributed by atoms with E-state index in [1.165, 1.54) is 12.1 Å². The van der Waals surface area contributed by atoms with Gasteiger partial charge in [0.1, 0.15) is 5.82 Å². The fourth-order valence-corrected chi connectivity index (χ4v) is 1.73. The van der Waals surface area contributed by atoms with Crippen LogP contribution >= 0.6 is 11.6 Å². The molecule has 2 rings (SSSR count). The molecule has 5 heteroatoms. The summed E-state index contributed by atoms with van der Waals surface area (Å²) < 4.78 is 12.7. The second-order valence-corrected chi connectivity index (χ2v) is 3.48. The predicted molar refractivity (Wildman–Crippen MR) is 50.7 cm³/mol. The molecule has 1 saturated heterocycles. The van der Waals surface area contributed by atoms with E-state index >= 15 is 0 Å². The molecule has 0 aromatic heterocycles. The van der Waals surface area contributed by atoms with Gasteiger partial charge in [0.05, 0.1) is 6.04 Å². The molecular weight excluding hydrogens is 207 g/mol. The number of halogens is 2. The van der Waals surface area contributed by atoms with Gasteiger partial charge in [0.25, 0.3) is 0 Å². The zero-order chi connectivity index (χ0) is 10.1. The highest BCUT2D eigenvalue weighted by atomic mass is 35.5. The minimum absolute atomic E-state index is 0.171. The molecule has 2 N–H and O–H groups in total. The van der Waals surface area contributed by atoms with Gasteiger partial charge >= 0.3 is 6.03 Å². The van der Waals surface area contributed by atoms with E-state index in [1.54, 1.807) is 6.07 Å². The summed E-state index contributed by atoms with van der Waals surface area (Å²) in [7, 11) is 0. The van der Waals surface area contributed by atoms with Gasteiger partial charge < -0.3 is 10.6 Å². The van der Waals surface area contributed by atoms with Crippen LogP contribution in [-0.2, 0) is 0 Å². The molecule has 0 bridgehead atoms. The molecule has 1 aliphatic rings. The standard InChI is InChI=1S/C9H8ClFN2O/c10-7-3-5(11)1-2-6(7)8-4-12-9(14)13-8/h1-3,8H,4H2,(H2,12,13,14)/t8-/m1/s1. The fourth-order valence-electron chi connectivity index (χ4n) is 1.43. The van der Waals surface area contributed by atoms with Gasteiger partial charge in [-0.1, -0.05) is 17.7 Å². The van der Waals surface area contributed by atoms with Gasteiger partial charge in [0.2, 0.25) is 0 Å². The van der Waals surface area contributed by atoms with Crippen LogP contribution in [0.15, 0.2) is 18.2 Å². The van der Waals surface area contributed by atoms with Gasteiger partial charge in [0, 0.05) is 11.6 Å². The minimum Gasteiger partial charge on any atom is -0.336 e. The van der Waals surface area contributed by atoms with Crippen molar-refractivity contribution in [3.63, 3.8) is 0 Å². The van der Waals surface area contributed by atoms with E-state index in [0.717, 1.165) is 5.56 Å². The SMILES string of the molecule is O=C1NC[C@H](c2ccc(F)cc2Cl)N1. The van der Waals surface area contributed by atoms with E-state index in [0.29, 0.717) is 11.6 Å². The van der Waals surface area contributed by atoms with E-state index in [1.807, 2.05) is 0 Å². The molecule has 1 aliphatic heterocycles. The van der Waals surface area contributed by atoms with Crippen LogP contribution in [0.5, 0.6) is 0 Å². The van der Waals surface area contributed by atoms with Gasteiger partial charge in [-0.3, -0.25) is 0 Å². The topological polar surface area (TPSA) is 41.1 Å². The van der Waals surface area contributed by atoms with E-state index in [9.17, 15) is 9.18 Å². The van der Waals surface area contributed by atoms with Crippen molar-refractivity contribution in [1.82, 2.24) is 10.6 Å². The van der Waals surface area contributed by atoms with Gasteiger partial charge in [-0.2, -0.15) is 0 Å². The zero-order valence-corrected chi connectivity index (χ0v) is 7.94. The van der Waals surface area contributed by atoms with Crippen molar-refractivity contribution in [1.29, 1.82) is 0 Å². The van der Waals surface area contributed by atoms with E-state index in [-0.39, 0.29) is 17.9 Å². The van der Waals surface area contributed by atoms with Crippen LogP contribution in [0.1, 0.15) is 11.6 Å². The molecule has 1 aromatic carbocycles. The van der Waals surface area contributed by atoms with E-state index in [4.69, 9.17) is 11.6 Å². The molecule has 74 valence electrons. The number of benzene rings is 1. The van der Waals surface area contributed by atoms with Crippen molar-refractivity contribution in [2.24, 2.45) is 0 Å². The average Bonchev–Trinajstić information content (AvgIpc) is 2.51. The molecule has 3 nitrogen and oxygen atoms in total. The molecule has 0 spiro atoms. The first-order valence-corrected chi connectivity index (χ1v) is 4.54. The number of urea groups is 1. The van der Waals surface area contributed by atoms with Gasteiger partial charge in [0.15, 0.2) is 0 Å². The van der Waals surface area contributed by atoms with Crippen LogP contribution in [0.25, 0.3) is 0 Å². The van der Waals surface area contributed by atoms with Crippen LogP contribution in [-0.4, -0.2) is 12.6 Å². The minimum atomic E-state index is -0.379. The molecule has 1 fully saturated rings. The number of rotatable bonds is 1. The lowest BCUT2D eigenvalue weighted by Crippen LogP contribution is -2.21. The molecule has 0 radical (unpaired) electrons. The summed E-state index contributed by atoms with van der Waals surface area (Å²) >= 11 is 5.84. The van der Waals surface area contributed by atoms with Crippen LogP contribution in [0.2, 0.25) is 5.02 Å². The second-order valence-electron chi connectivity index (χ2n) is 3.07. The van der Waals surface area contributed by atoms with Crippen LogP contribution < -0.4 is 10.6 Å². The van der Waals surface area contributed by atoms with Gasteiger partial charge in [-0.15, -0.1) is 0 Å². The first-order valence-electron chi connectivity index (χ1n) is 4.16. The Hall–Kier alpha value is -1.29. The van der Waals surface area contributed by atoms with Gasteiger partial charge in [-0.25, -0.2) is 9.18 Å². The lowest BCUT2D eigenvalue weighted by Gasteiger charge is -2.10. The number of carbonyl (C=O) groups is 1. The summed E-state index contributed by atoms with van der Waals surface area (Å²) in [6, 6.07) is 3.74. The lowest BCUT2D eigenvalue weighted by molar-refractivity contribution is 0.247. The number of hydrogen-bond donors (Lipinski definition) is 2. The van der Waals surface area contributed by atoms with E-state index in [2.05, 4.69) is 10.6 Å². The van der Waals surface area contributed by atoms with Crippen molar-refractivity contribution in [2.75, 3.05) is 6.54 Å². The van der Waals surface area contributed by atoms with Crippen molar-refractivity contribution >= 4 is 17.6 Å². The Bertz CT molecular complexity index is 383. The third kappa shape index (κ3) is 1.65. The summed E-state index contributed by atoms with van der Waals surface area (Å²) in [5.41, 5.74) is 0.728. The Morgan fingerprint density at radius 1 is 1.50 bits per heavy atom. The Kier molecular flexibility index (Phi) is 2.29. The molecule has 0 aliphatic carbocycles. The van der Waals surface area contributed by atoms with E-state index < -0.39 is 0 Å². The fraction of sp³-hybridized carbons (Fsp3) is 0.222. The first kappa shape index (κ1) is 9.27. The highest BCUT2D eigenvalue weighted by molar-refractivity contribution is 6.31. The highest BCUT2D eigenvalue weighted by Gasteiger charge is 2.23. The third-order valence-corrected chi connectivity index (χ3v) is 2.44. The molecule has 0 saturated carbocycles. The molecule has 2 amide bonds. The first-order chi connectivity index (χ1) is 6.66. The zero-order valence-electron chi connectivity index (χ0n) is 7.18. The molecule has 1 aromatic rings. The van der Waals surface area contributed by atoms with Crippen LogP contribution in [0, 0.1) is 5.82 Å². The summed E-state index contributed by atoms with van der Waals surface area (Å²) in [5.74, 6) is -0.379. The smallest absolute Gasteiger partial charge is 0.315 e. The normalized spacial score (nSPS) is 20.4. The largest absolute Gasteiger partial charge is 0.336 e. The Morgan fingerprint density at radius 3 is 2.86 bits per heavy atom. The summed E-state index contributed by atoms with van der Waals surface area (Å²) in [6.07, 6.45) is 0. The molecule has 14 heavy (non-hydrogen) atoms. The van der Waals surface area contributed by atoms with Crippen molar-refractivity contribution < 1.29 is 9.18 Å². The molecule has 1 atom stereocenters. The Labute approximate surface area is 85.3 Å². The molecule has 0 unspecified atom stereocenters. The summed E-state index contributed by atoms with van der Waals surface area (Å²) in [5, 5.41) is 5.61. The summed E-state index contributed by atoms with van der Waals surface area (Å²) in [4.78, 5) is 10.9. The maximum absolute atomic E-state index is 12.7. The quantitative estimate of drug-likeness (QED) is 0.736. The number of amides is 2. The monoisotopic (exact) mass is 214 g/mol. The molecular formula is C9H8ClFN2O. The third-order valence-electron chi connectivity index (χ3n) is 2.11. The lowest BCUT2D eigenvalue weighted by atomic mass is 10.1. The Morgan fingerprint density at radius 2 is 2.29 bits per heavy atom. The summed E-state index contributed by atoms with van der Waals surface area (Å²) in [6.45, 7) is 0.476. The van der Waals surface area contributed by atoms with Crippen LogP contribution in [0.4, 0.5) is 9.18 Å². The highest BCUT2D eigenvalue weighted by Crippen LogP contribution is 2.24.